The maximum absolute atomic E-state index is 12.6. The fourth-order valence-corrected chi connectivity index (χ4v) is 3.45. The Kier molecular flexibility index (Phi) is 6.57. The first-order chi connectivity index (χ1) is 15.5. The number of amides is 1. The minimum atomic E-state index is -0.202. The highest BCUT2D eigenvalue weighted by Crippen LogP contribution is 2.22. The monoisotopic (exact) mass is 445 g/mol. The third-order valence-corrected chi connectivity index (χ3v) is 5.48. The van der Waals surface area contributed by atoms with E-state index in [0.717, 1.165) is 22.4 Å². The molecule has 1 N–H and O–H groups in total. The lowest BCUT2D eigenvalue weighted by Crippen LogP contribution is -2.13. The predicted molar refractivity (Wildman–Crippen MR) is 127 cm³/mol. The molecule has 6 heteroatoms. The van der Waals surface area contributed by atoms with Gasteiger partial charge >= 0.3 is 0 Å². The summed E-state index contributed by atoms with van der Waals surface area (Å²) in [4.78, 5) is 12.6. The molecule has 0 spiro atoms. The molecule has 1 heterocycles. The van der Waals surface area contributed by atoms with E-state index in [4.69, 9.17) is 16.3 Å². The van der Waals surface area contributed by atoms with Gasteiger partial charge in [0.05, 0.1) is 6.54 Å². The molecule has 0 radical (unpaired) electrons. The summed E-state index contributed by atoms with van der Waals surface area (Å²) < 4.78 is 7.62. The van der Waals surface area contributed by atoms with Crippen LogP contribution in [0.4, 0.5) is 5.82 Å². The average molecular weight is 446 g/mol. The average Bonchev–Trinajstić information content (AvgIpc) is 3.21. The fraction of sp³-hybridized carbons (Fsp3) is 0.154. The summed E-state index contributed by atoms with van der Waals surface area (Å²) in [6.45, 7) is 5.06. The van der Waals surface area contributed by atoms with Gasteiger partial charge in [-0.3, -0.25) is 9.48 Å². The van der Waals surface area contributed by atoms with Crippen molar-refractivity contribution in [3.63, 3.8) is 0 Å². The first kappa shape index (κ1) is 21.7. The zero-order valence-electron chi connectivity index (χ0n) is 18.0. The van der Waals surface area contributed by atoms with Crippen molar-refractivity contribution in [2.24, 2.45) is 0 Å². The van der Waals surface area contributed by atoms with Crippen LogP contribution in [-0.4, -0.2) is 15.7 Å². The van der Waals surface area contributed by atoms with E-state index in [9.17, 15) is 4.79 Å². The van der Waals surface area contributed by atoms with Crippen LogP contribution in [0.5, 0.6) is 5.75 Å². The minimum absolute atomic E-state index is 0.202. The van der Waals surface area contributed by atoms with Crippen molar-refractivity contribution in [2.45, 2.75) is 27.0 Å². The second-order valence-electron chi connectivity index (χ2n) is 7.74. The summed E-state index contributed by atoms with van der Waals surface area (Å²) in [7, 11) is 0. The quantitative estimate of drug-likeness (QED) is 0.377. The third-order valence-electron chi connectivity index (χ3n) is 5.06. The van der Waals surface area contributed by atoms with E-state index in [2.05, 4.69) is 35.5 Å². The van der Waals surface area contributed by atoms with Crippen LogP contribution in [0, 0.1) is 13.8 Å². The molecule has 0 aliphatic rings. The molecule has 0 fully saturated rings. The van der Waals surface area contributed by atoms with E-state index in [1.54, 1.807) is 18.2 Å². The Labute approximate surface area is 192 Å². The summed E-state index contributed by atoms with van der Waals surface area (Å²) in [5, 5.41) is 8.02. The van der Waals surface area contributed by atoms with Crippen molar-refractivity contribution < 1.29 is 9.53 Å². The second-order valence-corrected chi connectivity index (χ2v) is 8.15. The molecular weight excluding hydrogens is 422 g/mol. The van der Waals surface area contributed by atoms with E-state index < -0.39 is 0 Å². The number of rotatable bonds is 7. The van der Waals surface area contributed by atoms with E-state index in [0.29, 0.717) is 29.6 Å². The number of carbonyl (C=O) groups excluding carboxylic acids is 1. The van der Waals surface area contributed by atoms with Gasteiger partial charge in [-0.25, -0.2) is 0 Å². The summed E-state index contributed by atoms with van der Waals surface area (Å²) in [6.07, 6.45) is 1.86. The minimum Gasteiger partial charge on any atom is -0.489 e. The normalized spacial score (nSPS) is 10.7. The van der Waals surface area contributed by atoms with Gasteiger partial charge in [0.2, 0.25) is 0 Å². The zero-order valence-corrected chi connectivity index (χ0v) is 18.8. The molecule has 0 bridgehead atoms. The largest absolute Gasteiger partial charge is 0.489 e. The Bertz CT molecular complexity index is 1230. The highest BCUT2D eigenvalue weighted by atomic mass is 35.5. The SMILES string of the molecule is Cc1cccc(Cn2ccc(NC(=O)c3ccc(COc4ccc(Cl)c(C)c4)cc3)n2)c1. The van der Waals surface area contributed by atoms with Crippen LogP contribution >= 0.6 is 11.6 Å². The van der Waals surface area contributed by atoms with Crippen LogP contribution < -0.4 is 10.1 Å². The smallest absolute Gasteiger partial charge is 0.256 e. The molecule has 0 atom stereocenters. The van der Waals surface area contributed by atoms with Gasteiger partial charge in [-0.1, -0.05) is 53.6 Å². The Morgan fingerprint density at radius 3 is 2.56 bits per heavy atom. The summed E-state index contributed by atoms with van der Waals surface area (Å²) in [6, 6.07) is 23.0. The fourth-order valence-electron chi connectivity index (χ4n) is 3.33. The van der Waals surface area contributed by atoms with Gasteiger partial charge in [-0.2, -0.15) is 5.10 Å². The van der Waals surface area contributed by atoms with Crippen LogP contribution in [0.2, 0.25) is 5.02 Å². The molecule has 0 saturated heterocycles. The van der Waals surface area contributed by atoms with Gasteiger partial charge in [0.25, 0.3) is 5.91 Å². The van der Waals surface area contributed by atoms with Gasteiger partial charge in [-0.15, -0.1) is 0 Å². The molecule has 0 aliphatic carbocycles. The molecule has 32 heavy (non-hydrogen) atoms. The molecular formula is C26H24ClN3O2. The van der Waals surface area contributed by atoms with E-state index in [1.165, 1.54) is 5.56 Å². The van der Waals surface area contributed by atoms with E-state index in [-0.39, 0.29) is 5.91 Å². The summed E-state index contributed by atoms with van der Waals surface area (Å²) in [5.41, 5.74) is 4.87. The molecule has 1 aromatic heterocycles. The van der Waals surface area contributed by atoms with Crippen molar-refractivity contribution >= 4 is 23.3 Å². The first-order valence-electron chi connectivity index (χ1n) is 10.3. The van der Waals surface area contributed by atoms with Gasteiger partial charge in [0, 0.05) is 22.8 Å². The third kappa shape index (κ3) is 5.56. The molecule has 4 aromatic rings. The zero-order chi connectivity index (χ0) is 22.5. The Balaban J connectivity index is 1.32. The summed E-state index contributed by atoms with van der Waals surface area (Å²) >= 11 is 6.05. The maximum atomic E-state index is 12.6. The van der Waals surface area contributed by atoms with Crippen LogP contribution in [-0.2, 0) is 13.2 Å². The number of halogens is 1. The number of carbonyl (C=O) groups is 1. The van der Waals surface area contributed by atoms with Crippen LogP contribution in [0.1, 0.15) is 32.6 Å². The number of hydrogen-bond acceptors (Lipinski definition) is 3. The number of anilines is 1. The highest BCUT2D eigenvalue weighted by Gasteiger charge is 2.09. The Hall–Kier alpha value is -3.57. The second kappa shape index (κ2) is 9.71. The van der Waals surface area contributed by atoms with Crippen LogP contribution in [0.15, 0.2) is 79.0 Å². The van der Waals surface area contributed by atoms with Crippen molar-refractivity contribution in [3.05, 3.63) is 112 Å². The summed E-state index contributed by atoms with van der Waals surface area (Å²) in [5.74, 6) is 1.08. The first-order valence-corrected chi connectivity index (χ1v) is 10.7. The number of benzene rings is 3. The van der Waals surface area contributed by atoms with E-state index in [1.807, 2.05) is 54.2 Å². The number of ether oxygens (including phenoxy) is 1. The predicted octanol–water partition coefficient (Wildman–Crippen LogP) is 6.03. The lowest BCUT2D eigenvalue weighted by molar-refractivity contribution is 0.102. The Morgan fingerprint density at radius 1 is 1.00 bits per heavy atom. The molecule has 4 rings (SSSR count). The van der Waals surface area contributed by atoms with Gasteiger partial charge in [-0.05, 0) is 60.9 Å². The van der Waals surface area contributed by atoms with Crippen LogP contribution in [0.3, 0.4) is 0 Å². The van der Waals surface area contributed by atoms with Crippen molar-refractivity contribution in [1.82, 2.24) is 9.78 Å². The molecule has 0 aliphatic heterocycles. The number of aryl methyl sites for hydroxylation is 2. The van der Waals surface area contributed by atoms with Gasteiger partial charge in [0.15, 0.2) is 5.82 Å². The molecule has 5 nitrogen and oxygen atoms in total. The standard InChI is InChI=1S/C26H24ClN3O2/c1-18-4-3-5-21(14-18)16-30-13-12-25(29-30)28-26(31)22-8-6-20(7-9-22)17-32-23-10-11-24(27)19(2)15-23/h3-15H,16-17H2,1-2H3,(H,28,29,31). The molecule has 0 unspecified atom stereocenters. The van der Waals surface area contributed by atoms with Gasteiger partial charge in [0.1, 0.15) is 12.4 Å². The van der Waals surface area contributed by atoms with Crippen molar-refractivity contribution in [2.75, 3.05) is 5.32 Å². The number of nitrogens with zero attached hydrogens (tertiary/aromatic N) is 2. The topological polar surface area (TPSA) is 56.2 Å². The van der Waals surface area contributed by atoms with Crippen molar-refractivity contribution in [3.8, 4) is 5.75 Å². The lowest BCUT2D eigenvalue weighted by Gasteiger charge is -2.09. The van der Waals surface area contributed by atoms with Crippen molar-refractivity contribution in [1.29, 1.82) is 0 Å². The molecule has 3 aromatic carbocycles. The lowest BCUT2D eigenvalue weighted by atomic mass is 10.1. The molecule has 1 amide bonds. The maximum Gasteiger partial charge on any atom is 0.256 e. The molecule has 0 saturated carbocycles. The number of hydrogen-bond donors (Lipinski definition) is 1. The number of aromatic nitrogens is 2. The van der Waals surface area contributed by atoms with Crippen LogP contribution in [0.25, 0.3) is 0 Å². The highest BCUT2D eigenvalue weighted by molar-refractivity contribution is 6.31. The number of nitrogens with one attached hydrogen (secondary N) is 1. The van der Waals surface area contributed by atoms with Gasteiger partial charge < -0.3 is 10.1 Å². The Morgan fingerprint density at radius 2 is 1.81 bits per heavy atom. The van der Waals surface area contributed by atoms with E-state index >= 15 is 0 Å². The molecule has 162 valence electrons.